The summed E-state index contributed by atoms with van der Waals surface area (Å²) in [6.45, 7) is 2.46. The average Bonchev–Trinajstić information content (AvgIpc) is 2.60. The van der Waals surface area contributed by atoms with Crippen molar-refractivity contribution in [2.45, 2.75) is 13.3 Å². The summed E-state index contributed by atoms with van der Waals surface area (Å²) in [5.41, 5.74) is 0.455. The van der Waals surface area contributed by atoms with E-state index in [2.05, 4.69) is 15.9 Å². The van der Waals surface area contributed by atoms with Crippen molar-refractivity contribution in [2.24, 2.45) is 0 Å². The third kappa shape index (κ3) is 4.35. The van der Waals surface area contributed by atoms with E-state index in [1.54, 1.807) is 30.3 Å². The molecule has 2 aromatic rings. The summed E-state index contributed by atoms with van der Waals surface area (Å²) in [4.78, 5) is 24.3. The Hall–Kier alpha value is -2.34. The maximum Gasteiger partial charge on any atom is 0.347 e. The fraction of sp³-hybridized carbons (Fsp3) is 0.222. The highest BCUT2D eigenvalue weighted by Gasteiger charge is 2.19. The van der Waals surface area contributed by atoms with Crippen molar-refractivity contribution in [3.63, 3.8) is 0 Å². The maximum atomic E-state index is 12.5. The molecule has 6 heteroatoms. The van der Waals surface area contributed by atoms with Gasteiger partial charge in [0.1, 0.15) is 22.6 Å². The van der Waals surface area contributed by atoms with E-state index >= 15 is 0 Å². The Morgan fingerprint density at radius 2 is 1.75 bits per heavy atom. The standard InChI is InChI=1S/C18H17BrO5/c1-3-10-23-15-9-8-12(19)11-14(15)18(21)24-16-7-5-4-6-13(16)17(20)22-2/h4-9,11H,3,10H2,1-2H3. The highest BCUT2D eigenvalue weighted by atomic mass is 79.9. The third-order valence-corrected chi connectivity index (χ3v) is 3.61. The Bertz CT molecular complexity index is 742. The topological polar surface area (TPSA) is 61.8 Å². The Balaban J connectivity index is 2.31. The molecule has 0 bridgehead atoms. The van der Waals surface area contributed by atoms with Gasteiger partial charge in [0.15, 0.2) is 0 Å². The first-order valence-electron chi connectivity index (χ1n) is 7.38. The summed E-state index contributed by atoms with van der Waals surface area (Å²) in [6.07, 6.45) is 0.815. The lowest BCUT2D eigenvalue weighted by Gasteiger charge is -2.12. The summed E-state index contributed by atoms with van der Waals surface area (Å²) in [5, 5.41) is 0. The number of rotatable bonds is 6. The molecule has 0 aliphatic rings. The van der Waals surface area contributed by atoms with E-state index in [1.807, 2.05) is 6.92 Å². The molecule has 0 heterocycles. The van der Waals surface area contributed by atoms with Gasteiger partial charge in [-0.15, -0.1) is 0 Å². The van der Waals surface area contributed by atoms with Crippen LogP contribution in [0.5, 0.6) is 11.5 Å². The largest absolute Gasteiger partial charge is 0.493 e. The van der Waals surface area contributed by atoms with Crippen LogP contribution in [0.15, 0.2) is 46.9 Å². The summed E-state index contributed by atoms with van der Waals surface area (Å²) < 4.78 is 16.4. The lowest BCUT2D eigenvalue weighted by atomic mass is 10.2. The molecule has 2 rings (SSSR count). The number of para-hydroxylation sites is 1. The lowest BCUT2D eigenvalue weighted by Crippen LogP contribution is -2.14. The predicted molar refractivity (Wildman–Crippen MR) is 92.7 cm³/mol. The van der Waals surface area contributed by atoms with Crippen LogP contribution in [0.4, 0.5) is 0 Å². The molecule has 0 saturated carbocycles. The minimum atomic E-state index is -0.612. The van der Waals surface area contributed by atoms with Gasteiger partial charge in [-0.2, -0.15) is 0 Å². The minimum Gasteiger partial charge on any atom is -0.493 e. The van der Waals surface area contributed by atoms with E-state index in [9.17, 15) is 9.59 Å². The SMILES string of the molecule is CCCOc1ccc(Br)cc1C(=O)Oc1ccccc1C(=O)OC. The number of hydrogen-bond donors (Lipinski definition) is 0. The summed E-state index contributed by atoms with van der Waals surface area (Å²) in [5.74, 6) is -0.620. The molecule has 0 fully saturated rings. The molecule has 0 atom stereocenters. The summed E-state index contributed by atoms with van der Waals surface area (Å²) >= 11 is 3.33. The van der Waals surface area contributed by atoms with Gasteiger partial charge < -0.3 is 14.2 Å². The molecular formula is C18H17BrO5. The molecule has 5 nitrogen and oxygen atoms in total. The van der Waals surface area contributed by atoms with Crippen molar-refractivity contribution >= 4 is 27.9 Å². The molecule has 2 aromatic carbocycles. The van der Waals surface area contributed by atoms with Crippen molar-refractivity contribution in [3.05, 3.63) is 58.1 Å². The Kier molecular flexibility index (Phi) is 6.37. The first kappa shape index (κ1) is 18.0. The van der Waals surface area contributed by atoms with Crippen LogP contribution in [0, 0.1) is 0 Å². The molecule has 24 heavy (non-hydrogen) atoms. The van der Waals surface area contributed by atoms with Crippen LogP contribution in [-0.2, 0) is 4.74 Å². The predicted octanol–water partition coefficient (Wildman–Crippen LogP) is 4.24. The van der Waals surface area contributed by atoms with Gasteiger partial charge >= 0.3 is 11.9 Å². The van der Waals surface area contributed by atoms with E-state index < -0.39 is 11.9 Å². The zero-order valence-electron chi connectivity index (χ0n) is 13.4. The Morgan fingerprint density at radius 3 is 2.46 bits per heavy atom. The molecule has 0 radical (unpaired) electrons. The van der Waals surface area contributed by atoms with Crippen molar-refractivity contribution in [3.8, 4) is 11.5 Å². The Morgan fingerprint density at radius 1 is 1.00 bits per heavy atom. The number of esters is 2. The smallest absolute Gasteiger partial charge is 0.347 e. The van der Waals surface area contributed by atoms with Crippen LogP contribution in [0.3, 0.4) is 0 Å². The Labute approximate surface area is 148 Å². The normalized spacial score (nSPS) is 10.1. The van der Waals surface area contributed by atoms with Crippen molar-refractivity contribution in [1.29, 1.82) is 0 Å². The van der Waals surface area contributed by atoms with Gasteiger partial charge in [-0.1, -0.05) is 35.0 Å². The quantitative estimate of drug-likeness (QED) is 0.543. The van der Waals surface area contributed by atoms with E-state index in [-0.39, 0.29) is 16.9 Å². The molecule has 0 aromatic heterocycles. The summed E-state index contributed by atoms with van der Waals surface area (Å²) in [6, 6.07) is 11.5. The number of carbonyl (C=O) groups is 2. The molecule has 0 aliphatic carbocycles. The van der Waals surface area contributed by atoms with Gasteiger partial charge in [-0.05, 0) is 36.8 Å². The van der Waals surface area contributed by atoms with Crippen LogP contribution >= 0.6 is 15.9 Å². The number of methoxy groups -OCH3 is 1. The second kappa shape index (κ2) is 8.49. The molecule has 0 spiro atoms. The van der Waals surface area contributed by atoms with Gasteiger partial charge in [-0.25, -0.2) is 9.59 Å². The van der Waals surface area contributed by atoms with Gasteiger partial charge in [-0.3, -0.25) is 0 Å². The summed E-state index contributed by atoms with van der Waals surface area (Å²) in [7, 11) is 1.27. The third-order valence-electron chi connectivity index (χ3n) is 3.12. The molecule has 0 unspecified atom stereocenters. The highest BCUT2D eigenvalue weighted by Crippen LogP contribution is 2.26. The monoisotopic (exact) mass is 392 g/mol. The molecule has 0 amide bonds. The average molecular weight is 393 g/mol. The van der Waals surface area contributed by atoms with Crippen LogP contribution < -0.4 is 9.47 Å². The van der Waals surface area contributed by atoms with Gasteiger partial charge in [0.05, 0.1) is 13.7 Å². The second-order valence-corrected chi connectivity index (χ2v) is 5.78. The van der Waals surface area contributed by atoms with Crippen molar-refractivity contribution in [2.75, 3.05) is 13.7 Å². The zero-order valence-corrected chi connectivity index (χ0v) is 15.0. The van der Waals surface area contributed by atoms with Crippen LogP contribution in [0.2, 0.25) is 0 Å². The number of carbonyl (C=O) groups excluding carboxylic acids is 2. The number of hydrogen-bond acceptors (Lipinski definition) is 5. The van der Waals surface area contributed by atoms with Crippen LogP contribution in [-0.4, -0.2) is 25.7 Å². The van der Waals surface area contributed by atoms with Crippen molar-refractivity contribution in [1.82, 2.24) is 0 Å². The van der Waals surface area contributed by atoms with E-state index in [0.717, 1.165) is 10.9 Å². The highest BCUT2D eigenvalue weighted by molar-refractivity contribution is 9.10. The maximum absolute atomic E-state index is 12.5. The first-order valence-corrected chi connectivity index (χ1v) is 8.18. The van der Waals surface area contributed by atoms with Crippen LogP contribution in [0.25, 0.3) is 0 Å². The minimum absolute atomic E-state index is 0.135. The second-order valence-electron chi connectivity index (χ2n) is 4.87. The first-order chi connectivity index (χ1) is 11.6. The molecular weight excluding hydrogens is 376 g/mol. The zero-order chi connectivity index (χ0) is 17.5. The fourth-order valence-electron chi connectivity index (χ4n) is 1.99. The molecule has 0 N–H and O–H groups in total. The van der Waals surface area contributed by atoms with E-state index in [0.29, 0.717) is 12.4 Å². The fourth-order valence-corrected chi connectivity index (χ4v) is 2.35. The molecule has 0 saturated heterocycles. The number of benzene rings is 2. The molecule has 126 valence electrons. The van der Waals surface area contributed by atoms with Crippen molar-refractivity contribution < 1.29 is 23.8 Å². The lowest BCUT2D eigenvalue weighted by molar-refractivity contribution is 0.0593. The number of halogens is 1. The van der Waals surface area contributed by atoms with Gasteiger partial charge in [0.2, 0.25) is 0 Å². The van der Waals surface area contributed by atoms with Crippen LogP contribution in [0.1, 0.15) is 34.1 Å². The molecule has 0 aliphatic heterocycles. The number of ether oxygens (including phenoxy) is 3. The van der Waals surface area contributed by atoms with E-state index in [1.165, 1.54) is 19.2 Å². The van der Waals surface area contributed by atoms with E-state index in [4.69, 9.17) is 14.2 Å². The van der Waals surface area contributed by atoms with Gasteiger partial charge in [0.25, 0.3) is 0 Å². The van der Waals surface area contributed by atoms with Gasteiger partial charge in [0, 0.05) is 4.47 Å².